The van der Waals surface area contributed by atoms with E-state index in [9.17, 15) is 19.8 Å². The lowest BCUT2D eigenvalue weighted by molar-refractivity contribution is -0.135. The third-order valence-corrected chi connectivity index (χ3v) is 6.36. The summed E-state index contributed by atoms with van der Waals surface area (Å²) in [5, 5.41) is 20.8. The van der Waals surface area contributed by atoms with Crippen LogP contribution >= 0.6 is 0 Å². The number of esters is 1. The molecule has 0 fully saturated rings. The van der Waals surface area contributed by atoms with Gasteiger partial charge in [-0.3, -0.25) is 9.59 Å². The van der Waals surface area contributed by atoms with E-state index in [-0.39, 0.29) is 46.1 Å². The van der Waals surface area contributed by atoms with Gasteiger partial charge in [0.15, 0.2) is 28.4 Å². The van der Waals surface area contributed by atoms with Crippen LogP contribution in [0.3, 0.4) is 0 Å². The normalized spacial score (nSPS) is 16.4. The summed E-state index contributed by atoms with van der Waals surface area (Å²) in [5.41, 5.74) is 1.22. The molecule has 0 aliphatic carbocycles. The van der Waals surface area contributed by atoms with Crippen LogP contribution in [0, 0.1) is 0 Å². The summed E-state index contributed by atoms with van der Waals surface area (Å²) in [6, 6.07) is 12.5. The van der Waals surface area contributed by atoms with E-state index in [4.69, 9.17) is 23.4 Å². The Balaban J connectivity index is 1.58. The van der Waals surface area contributed by atoms with Crippen molar-refractivity contribution in [3.63, 3.8) is 0 Å². The Labute approximate surface area is 204 Å². The fraction of sp³-hybridized carbons (Fsp3) is 0.185. The monoisotopic (exact) mass is 488 g/mol. The SMILES string of the molecule is COc1ccc(-c2cc(=O)c3c(O)cc4c(c3o2)[C@@H](c2ccc3c(c2)OCCO3)CC(=O)O4)cc1O. The number of ether oxygens (including phenoxy) is 4. The molecule has 2 aliphatic heterocycles. The zero-order valence-electron chi connectivity index (χ0n) is 19.1. The Morgan fingerprint density at radius 2 is 1.69 bits per heavy atom. The number of hydrogen-bond acceptors (Lipinski definition) is 9. The van der Waals surface area contributed by atoms with E-state index in [1.165, 1.54) is 25.3 Å². The highest BCUT2D eigenvalue weighted by Gasteiger charge is 2.34. The molecule has 4 aromatic rings. The molecular formula is C27H20O9. The minimum Gasteiger partial charge on any atom is -0.507 e. The lowest BCUT2D eigenvalue weighted by Crippen LogP contribution is -2.22. The van der Waals surface area contributed by atoms with Gasteiger partial charge in [-0.05, 0) is 35.9 Å². The Morgan fingerprint density at radius 3 is 2.47 bits per heavy atom. The molecule has 0 bridgehead atoms. The Hall–Kier alpha value is -4.66. The second-order valence-corrected chi connectivity index (χ2v) is 8.51. The van der Waals surface area contributed by atoms with Crippen molar-refractivity contribution in [3.8, 4) is 45.8 Å². The number of aromatic hydroxyl groups is 2. The second-order valence-electron chi connectivity index (χ2n) is 8.51. The van der Waals surface area contributed by atoms with Gasteiger partial charge in [-0.25, -0.2) is 0 Å². The predicted molar refractivity (Wildman–Crippen MR) is 127 cm³/mol. The van der Waals surface area contributed by atoms with E-state index < -0.39 is 17.3 Å². The molecule has 3 aromatic carbocycles. The molecule has 0 spiro atoms. The number of phenolic OH excluding ortho intramolecular Hbond substituents is 2. The maximum absolute atomic E-state index is 13.1. The van der Waals surface area contributed by atoms with Gasteiger partial charge in [0.25, 0.3) is 0 Å². The highest BCUT2D eigenvalue weighted by molar-refractivity contribution is 5.93. The number of rotatable bonds is 3. The average molecular weight is 488 g/mol. The maximum atomic E-state index is 13.1. The number of methoxy groups -OCH3 is 1. The highest BCUT2D eigenvalue weighted by atomic mass is 16.6. The summed E-state index contributed by atoms with van der Waals surface area (Å²) >= 11 is 0. The lowest BCUT2D eigenvalue weighted by atomic mass is 9.85. The van der Waals surface area contributed by atoms with Crippen LogP contribution in [0.15, 0.2) is 57.7 Å². The standard InChI is InChI=1S/C27H20O9/c1-32-19-4-3-14(8-16(19)28)21-11-17(29)26-18(30)12-23-25(27(26)36-21)15(10-24(31)35-23)13-2-5-20-22(9-13)34-7-6-33-20/h2-5,8-9,11-12,15,28,30H,6-7,10H2,1H3/t15-/m1/s1. The van der Waals surface area contributed by atoms with Crippen molar-refractivity contribution in [1.29, 1.82) is 0 Å². The number of carbonyl (C=O) groups is 1. The van der Waals surface area contributed by atoms with E-state index in [0.717, 1.165) is 5.56 Å². The van der Waals surface area contributed by atoms with Crippen LogP contribution < -0.4 is 24.4 Å². The van der Waals surface area contributed by atoms with Crippen molar-refractivity contribution in [2.75, 3.05) is 20.3 Å². The molecule has 9 heteroatoms. The van der Waals surface area contributed by atoms with Gasteiger partial charge in [-0.2, -0.15) is 0 Å². The van der Waals surface area contributed by atoms with Crippen molar-refractivity contribution in [2.24, 2.45) is 0 Å². The molecule has 0 saturated heterocycles. The second kappa shape index (κ2) is 8.23. The summed E-state index contributed by atoms with van der Waals surface area (Å²) in [6.45, 7) is 0.854. The van der Waals surface area contributed by atoms with Gasteiger partial charge in [0.1, 0.15) is 41.4 Å². The van der Waals surface area contributed by atoms with Gasteiger partial charge < -0.3 is 33.6 Å². The summed E-state index contributed by atoms with van der Waals surface area (Å²) in [5.74, 6) is 0.177. The van der Waals surface area contributed by atoms with Crippen LogP contribution in [0.1, 0.15) is 23.5 Å². The van der Waals surface area contributed by atoms with E-state index in [1.807, 2.05) is 6.07 Å². The maximum Gasteiger partial charge on any atom is 0.312 e. The molecular weight excluding hydrogens is 468 g/mol. The summed E-state index contributed by atoms with van der Waals surface area (Å²) in [7, 11) is 1.43. The smallest absolute Gasteiger partial charge is 0.312 e. The third kappa shape index (κ3) is 3.48. The van der Waals surface area contributed by atoms with Gasteiger partial charge in [0.2, 0.25) is 0 Å². The van der Waals surface area contributed by atoms with E-state index in [1.54, 1.807) is 24.3 Å². The topological polar surface area (TPSA) is 125 Å². The first kappa shape index (κ1) is 21.8. The van der Waals surface area contributed by atoms with Crippen molar-refractivity contribution >= 4 is 16.9 Å². The Kier molecular flexibility index (Phi) is 4.99. The van der Waals surface area contributed by atoms with Crippen LogP contribution in [0.25, 0.3) is 22.3 Å². The van der Waals surface area contributed by atoms with Crippen LogP contribution in [0.2, 0.25) is 0 Å². The lowest BCUT2D eigenvalue weighted by Gasteiger charge is -2.27. The van der Waals surface area contributed by atoms with Gasteiger partial charge in [0, 0.05) is 29.2 Å². The average Bonchev–Trinajstić information content (AvgIpc) is 2.87. The number of hydrogen-bond donors (Lipinski definition) is 2. The first-order valence-electron chi connectivity index (χ1n) is 11.2. The highest BCUT2D eigenvalue weighted by Crippen LogP contribution is 2.47. The Morgan fingerprint density at radius 1 is 0.889 bits per heavy atom. The molecule has 182 valence electrons. The largest absolute Gasteiger partial charge is 0.507 e. The van der Waals surface area contributed by atoms with Crippen LogP contribution in [-0.2, 0) is 4.79 Å². The van der Waals surface area contributed by atoms with Crippen molar-refractivity contribution in [1.82, 2.24) is 0 Å². The van der Waals surface area contributed by atoms with Crippen molar-refractivity contribution in [2.45, 2.75) is 12.3 Å². The van der Waals surface area contributed by atoms with E-state index in [0.29, 0.717) is 35.8 Å². The summed E-state index contributed by atoms with van der Waals surface area (Å²) in [4.78, 5) is 25.6. The molecule has 36 heavy (non-hydrogen) atoms. The summed E-state index contributed by atoms with van der Waals surface area (Å²) in [6.07, 6.45) is -0.0101. The van der Waals surface area contributed by atoms with Gasteiger partial charge in [-0.15, -0.1) is 0 Å². The zero-order chi connectivity index (χ0) is 25.0. The minimum absolute atomic E-state index is 0.0101. The quantitative estimate of drug-likeness (QED) is 0.324. The van der Waals surface area contributed by atoms with E-state index >= 15 is 0 Å². The molecule has 0 radical (unpaired) electrons. The van der Waals surface area contributed by atoms with Crippen LogP contribution in [-0.4, -0.2) is 36.5 Å². The first-order chi connectivity index (χ1) is 17.4. The Bertz CT molecular complexity index is 1600. The van der Waals surface area contributed by atoms with Crippen LogP contribution in [0.5, 0.6) is 34.5 Å². The first-order valence-corrected chi connectivity index (χ1v) is 11.2. The molecule has 9 nitrogen and oxygen atoms in total. The number of phenols is 2. The fourth-order valence-corrected chi connectivity index (χ4v) is 4.71. The zero-order valence-corrected chi connectivity index (χ0v) is 19.1. The summed E-state index contributed by atoms with van der Waals surface area (Å²) < 4.78 is 28.0. The van der Waals surface area contributed by atoms with E-state index in [2.05, 4.69) is 0 Å². The number of fused-ring (bicyclic) bond motifs is 4. The van der Waals surface area contributed by atoms with Gasteiger partial charge in [-0.1, -0.05) is 6.07 Å². The minimum atomic E-state index is -0.539. The molecule has 3 heterocycles. The van der Waals surface area contributed by atoms with Crippen molar-refractivity contribution < 1.29 is 38.4 Å². The van der Waals surface area contributed by atoms with Gasteiger partial charge >= 0.3 is 5.97 Å². The number of benzene rings is 3. The molecule has 2 N–H and O–H groups in total. The fourth-order valence-electron chi connectivity index (χ4n) is 4.71. The number of carbonyl (C=O) groups excluding carboxylic acids is 1. The molecule has 1 atom stereocenters. The third-order valence-electron chi connectivity index (χ3n) is 6.36. The van der Waals surface area contributed by atoms with Crippen molar-refractivity contribution in [3.05, 3.63) is 69.9 Å². The predicted octanol–water partition coefficient (Wildman–Crippen LogP) is 4.09. The molecule has 0 amide bonds. The molecule has 2 aliphatic rings. The van der Waals surface area contributed by atoms with Crippen LogP contribution in [0.4, 0.5) is 0 Å². The molecule has 0 saturated carbocycles. The molecule has 1 aromatic heterocycles. The molecule has 0 unspecified atom stereocenters. The molecule has 6 rings (SSSR count). The van der Waals surface area contributed by atoms with Gasteiger partial charge in [0.05, 0.1) is 13.5 Å².